The summed E-state index contributed by atoms with van der Waals surface area (Å²) in [6.07, 6.45) is 5.78. The van der Waals surface area contributed by atoms with Crippen LogP contribution >= 0.6 is 0 Å². The summed E-state index contributed by atoms with van der Waals surface area (Å²) in [6.45, 7) is 5.18. The Morgan fingerprint density at radius 3 is 3.00 bits per heavy atom. The van der Waals surface area contributed by atoms with Crippen LogP contribution in [0.3, 0.4) is 0 Å². The second-order valence-corrected chi connectivity index (χ2v) is 3.25. The van der Waals surface area contributed by atoms with Crippen LogP contribution in [0, 0.1) is 0 Å². The third-order valence-corrected chi connectivity index (χ3v) is 2.03. The van der Waals surface area contributed by atoms with Gasteiger partial charge in [0.1, 0.15) is 0 Å². The highest BCUT2D eigenvalue weighted by atomic mass is 16.1. The van der Waals surface area contributed by atoms with Crippen LogP contribution in [0.1, 0.15) is 13.3 Å². The van der Waals surface area contributed by atoms with E-state index >= 15 is 0 Å². The van der Waals surface area contributed by atoms with E-state index < -0.39 is 0 Å². The minimum Gasteiger partial charge on any atom is -0.355 e. The highest BCUT2D eigenvalue weighted by molar-refractivity contribution is 5.75. The van der Waals surface area contributed by atoms with Crippen LogP contribution in [0.15, 0.2) is 18.7 Å². The van der Waals surface area contributed by atoms with Crippen molar-refractivity contribution >= 4 is 5.91 Å². The lowest BCUT2D eigenvalue weighted by Crippen LogP contribution is -2.32. The summed E-state index contributed by atoms with van der Waals surface area (Å²) in [5, 5.41) is 5.99. The average Bonchev–Trinajstić information content (AvgIpc) is 2.74. The number of carbonyl (C=O) groups is 1. The molecule has 0 atom stereocenters. The molecule has 15 heavy (non-hydrogen) atoms. The molecule has 0 aliphatic rings. The molecule has 1 amide bonds. The first-order valence-electron chi connectivity index (χ1n) is 5.26. The van der Waals surface area contributed by atoms with Crippen molar-refractivity contribution in [1.29, 1.82) is 0 Å². The lowest BCUT2D eigenvalue weighted by Gasteiger charge is -2.05. The summed E-state index contributed by atoms with van der Waals surface area (Å²) >= 11 is 0. The zero-order chi connectivity index (χ0) is 10.9. The fourth-order valence-corrected chi connectivity index (χ4v) is 1.21. The number of hydrogen-bond acceptors (Lipinski definition) is 3. The molecule has 0 aromatic carbocycles. The van der Waals surface area contributed by atoms with Gasteiger partial charge in [0.15, 0.2) is 0 Å². The van der Waals surface area contributed by atoms with Crippen molar-refractivity contribution in [3.8, 4) is 0 Å². The minimum absolute atomic E-state index is 0.0848. The molecule has 1 heterocycles. The normalized spacial score (nSPS) is 10.2. The first kappa shape index (κ1) is 11.7. The number of aryl methyl sites for hydroxylation is 1. The first-order valence-corrected chi connectivity index (χ1v) is 5.26. The number of likely N-dealkylation sites (N-methyl/N-ethyl adjacent to an activating group) is 1. The Balaban J connectivity index is 2.04. The average molecular weight is 210 g/mol. The molecule has 1 rings (SSSR count). The van der Waals surface area contributed by atoms with Crippen molar-refractivity contribution < 1.29 is 4.79 Å². The second-order valence-electron chi connectivity index (χ2n) is 3.25. The van der Waals surface area contributed by atoms with E-state index in [0.717, 1.165) is 13.1 Å². The topological polar surface area (TPSA) is 58.9 Å². The van der Waals surface area contributed by atoms with Crippen LogP contribution in [0.2, 0.25) is 0 Å². The lowest BCUT2D eigenvalue weighted by molar-refractivity contribution is -0.121. The fourth-order valence-electron chi connectivity index (χ4n) is 1.21. The highest BCUT2D eigenvalue weighted by Crippen LogP contribution is 1.89. The Hall–Kier alpha value is -1.36. The number of aromatic nitrogens is 2. The molecule has 1 aromatic rings. The zero-order valence-electron chi connectivity index (χ0n) is 9.07. The quantitative estimate of drug-likeness (QED) is 0.623. The van der Waals surface area contributed by atoms with Crippen LogP contribution in [-0.2, 0) is 11.3 Å². The Morgan fingerprint density at radius 2 is 2.33 bits per heavy atom. The van der Waals surface area contributed by atoms with Gasteiger partial charge in [0.05, 0.1) is 6.33 Å². The molecular formula is C10H18N4O. The fraction of sp³-hybridized carbons (Fsp3) is 0.600. The molecule has 84 valence electrons. The van der Waals surface area contributed by atoms with Gasteiger partial charge in [-0.25, -0.2) is 4.98 Å². The first-order chi connectivity index (χ1) is 7.33. The summed E-state index contributed by atoms with van der Waals surface area (Å²) in [4.78, 5) is 15.2. The molecule has 0 radical (unpaired) electrons. The zero-order valence-corrected chi connectivity index (χ0v) is 9.07. The predicted octanol–water partition coefficient (Wildman–Crippen LogP) is -0.00110. The summed E-state index contributed by atoms with van der Waals surface area (Å²) < 4.78 is 1.89. The number of nitrogens with one attached hydrogen (secondary N) is 2. The molecule has 5 nitrogen and oxygen atoms in total. The number of nitrogens with zero attached hydrogens (tertiary/aromatic N) is 2. The number of rotatable bonds is 7. The van der Waals surface area contributed by atoms with Crippen molar-refractivity contribution in [2.75, 3.05) is 19.6 Å². The number of imidazole rings is 1. The van der Waals surface area contributed by atoms with E-state index in [0.29, 0.717) is 19.5 Å². The Labute approximate surface area is 89.9 Å². The Bertz CT molecular complexity index is 271. The van der Waals surface area contributed by atoms with Crippen LogP contribution < -0.4 is 10.6 Å². The van der Waals surface area contributed by atoms with Crippen molar-refractivity contribution in [1.82, 2.24) is 20.2 Å². The molecule has 0 spiro atoms. The molecule has 2 N–H and O–H groups in total. The number of hydrogen-bond donors (Lipinski definition) is 2. The van der Waals surface area contributed by atoms with Gasteiger partial charge in [-0.2, -0.15) is 0 Å². The minimum atomic E-state index is 0.0848. The molecule has 0 fully saturated rings. The van der Waals surface area contributed by atoms with E-state index in [-0.39, 0.29) is 5.91 Å². The molecule has 0 saturated carbocycles. The van der Waals surface area contributed by atoms with E-state index in [4.69, 9.17) is 0 Å². The standard InChI is InChI=1S/C10H18N4O/c1-2-11-4-5-13-10(15)3-7-14-8-6-12-9-14/h6,8-9,11H,2-5,7H2,1H3,(H,13,15). The molecule has 0 aliphatic carbocycles. The van der Waals surface area contributed by atoms with Gasteiger partial charge in [0.2, 0.25) is 5.91 Å². The van der Waals surface area contributed by atoms with Gasteiger partial charge in [-0.05, 0) is 6.54 Å². The smallest absolute Gasteiger partial charge is 0.221 e. The van der Waals surface area contributed by atoms with Gasteiger partial charge in [0, 0.05) is 38.4 Å². The van der Waals surface area contributed by atoms with E-state index in [1.165, 1.54) is 0 Å². The third kappa shape index (κ3) is 5.17. The maximum Gasteiger partial charge on any atom is 0.221 e. The van der Waals surface area contributed by atoms with Gasteiger partial charge < -0.3 is 15.2 Å². The maximum atomic E-state index is 11.3. The van der Waals surface area contributed by atoms with Crippen molar-refractivity contribution in [3.63, 3.8) is 0 Å². The summed E-state index contributed by atoms with van der Waals surface area (Å²) in [6, 6.07) is 0. The van der Waals surface area contributed by atoms with Gasteiger partial charge in [-0.3, -0.25) is 4.79 Å². The summed E-state index contributed by atoms with van der Waals surface area (Å²) in [5.41, 5.74) is 0. The van der Waals surface area contributed by atoms with Crippen molar-refractivity contribution in [2.45, 2.75) is 19.9 Å². The summed E-state index contributed by atoms with van der Waals surface area (Å²) in [7, 11) is 0. The van der Waals surface area contributed by atoms with E-state index in [2.05, 4.69) is 15.6 Å². The molecule has 0 saturated heterocycles. The van der Waals surface area contributed by atoms with E-state index in [1.54, 1.807) is 12.5 Å². The summed E-state index contributed by atoms with van der Waals surface area (Å²) in [5.74, 6) is 0.0848. The van der Waals surface area contributed by atoms with Gasteiger partial charge in [-0.1, -0.05) is 6.92 Å². The Morgan fingerprint density at radius 1 is 1.47 bits per heavy atom. The van der Waals surface area contributed by atoms with Gasteiger partial charge in [-0.15, -0.1) is 0 Å². The molecular weight excluding hydrogens is 192 g/mol. The van der Waals surface area contributed by atoms with Crippen LogP contribution in [0.4, 0.5) is 0 Å². The molecule has 0 bridgehead atoms. The van der Waals surface area contributed by atoms with E-state index in [1.807, 2.05) is 17.7 Å². The molecule has 1 aromatic heterocycles. The van der Waals surface area contributed by atoms with Crippen molar-refractivity contribution in [3.05, 3.63) is 18.7 Å². The number of carbonyl (C=O) groups excluding carboxylic acids is 1. The molecule has 5 heteroatoms. The van der Waals surface area contributed by atoms with Crippen LogP contribution in [0.5, 0.6) is 0 Å². The van der Waals surface area contributed by atoms with Crippen LogP contribution in [-0.4, -0.2) is 35.1 Å². The number of amides is 1. The SMILES string of the molecule is CCNCCNC(=O)CCn1ccnc1. The highest BCUT2D eigenvalue weighted by Gasteiger charge is 1.99. The van der Waals surface area contributed by atoms with Gasteiger partial charge in [0.25, 0.3) is 0 Å². The van der Waals surface area contributed by atoms with Crippen molar-refractivity contribution in [2.24, 2.45) is 0 Å². The van der Waals surface area contributed by atoms with Gasteiger partial charge >= 0.3 is 0 Å². The molecule has 0 aliphatic heterocycles. The largest absolute Gasteiger partial charge is 0.355 e. The second kappa shape index (κ2) is 7.00. The Kier molecular flexibility index (Phi) is 5.47. The lowest BCUT2D eigenvalue weighted by atomic mass is 10.4. The van der Waals surface area contributed by atoms with E-state index in [9.17, 15) is 4.79 Å². The maximum absolute atomic E-state index is 11.3. The monoisotopic (exact) mass is 210 g/mol. The molecule has 0 unspecified atom stereocenters. The van der Waals surface area contributed by atoms with Crippen LogP contribution in [0.25, 0.3) is 0 Å². The predicted molar refractivity (Wildman–Crippen MR) is 58.4 cm³/mol. The third-order valence-electron chi connectivity index (χ3n) is 2.03.